The van der Waals surface area contributed by atoms with Crippen molar-refractivity contribution in [3.8, 4) is 22.8 Å². The van der Waals surface area contributed by atoms with Crippen LogP contribution in [-0.4, -0.2) is 27.3 Å². The predicted octanol–water partition coefficient (Wildman–Crippen LogP) is 5.49. The zero-order chi connectivity index (χ0) is 21.8. The Morgan fingerprint density at radius 3 is 2.35 bits per heavy atom. The maximum Gasteiger partial charge on any atom is 0.295 e. The van der Waals surface area contributed by atoms with Gasteiger partial charge in [-0.25, -0.2) is 14.1 Å². The number of anilines is 1. The van der Waals surface area contributed by atoms with Crippen molar-refractivity contribution in [3.63, 3.8) is 0 Å². The molecule has 1 amide bonds. The fraction of sp³-hybridized carbons (Fsp3) is 0.0870. The van der Waals surface area contributed by atoms with Crippen LogP contribution in [0.2, 0.25) is 0 Å². The standard InChI is InChI=1S/C23H18BrFN4O2/c1-2-31-20-13-11-19(12-14-20)29-22(15-3-5-16(24)6-4-15)27-21(28-29)23(30)26-18-9-7-17(25)8-10-18/h3-14H,2H2,1H3,(H,26,30). The van der Waals surface area contributed by atoms with E-state index in [1.165, 1.54) is 24.3 Å². The first-order chi connectivity index (χ1) is 15.0. The first kappa shape index (κ1) is 20.7. The molecule has 0 fully saturated rings. The molecule has 0 spiro atoms. The number of halogens is 2. The third-order valence-electron chi connectivity index (χ3n) is 4.41. The number of benzene rings is 3. The number of carbonyl (C=O) groups is 1. The fourth-order valence-corrected chi connectivity index (χ4v) is 3.21. The molecule has 0 aliphatic rings. The molecule has 4 rings (SSSR count). The number of rotatable bonds is 6. The molecule has 0 aliphatic heterocycles. The molecule has 3 aromatic carbocycles. The topological polar surface area (TPSA) is 69.0 Å². The van der Waals surface area contributed by atoms with Crippen LogP contribution in [0.3, 0.4) is 0 Å². The Bertz CT molecular complexity index is 1190. The number of aromatic nitrogens is 3. The van der Waals surface area contributed by atoms with Gasteiger partial charge in [0.05, 0.1) is 12.3 Å². The van der Waals surface area contributed by atoms with Gasteiger partial charge in [-0.05, 0) is 67.6 Å². The van der Waals surface area contributed by atoms with Crippen molar-refractivity contribution in [1.82, 2.24) is 14.8 Å². The molecule has 6 nitrogen and oxygen atoms in total. The lowest BCUT2D eigenvalue weighted by atomic mass is 10.2. The second kappa shape index (κ2) is 9.09. The highest BCUT2D eigenvalue weighted by Gasteiger charge is 2.19. The van der Waals surface area contributed by atoms with Gasteiger partial charge in [-0.2, -0.15) is 0 Å². The SMILES string of the molecule is CCOc1ccc(-n2nc(C(=O)Nc3ccc(F)cc3)nc2-c2ccc(Br)cc2)cc1. The molecule has 156 valence electrons. The van der Waals surface area contributed by atoms with Crippen LogP contribution in [0.5, 0.6) is 5.75 Å². The highest BCUT2D eigenvalue weighted by Crippen LogP contribution is 2.25. The predicted molar refractivity (Wildman–Crippen MR) is 120 cm³/mol. The van der Waals surface area contributed by atoms with Crippen LogP contribution in [0.15, 0.2) is 77.3 Å². The average molecular weight is 481 g/mol. The van der Waals surface area contributed by atoms with Crippen LogP contribution in [0, 0.1) is 5.82 Å². The van der Waals surface area contributed by atoms with Gasteiger partial charge in [-0.3, -0.25) is 4.79 Å². The summed E-state index contributed by atoms with van der Waals surface area (Å²) in [5, 5.41) is 7.13. The molecule has 0 atom stereocenters. The van der Waals surface area contributed by atoms with Crippen LogP contribution in [0.25, 0.3) is 17.1 Å². The monoisotopic (exact) mass is 480 g/mol. The Morgan fingerprint density at radius 2 is 1.71 bits per heavy atom. The minimum atomic E-state index is -0.491. The summed E-state index contributed by atoms with van der Waals surface area (Å²) in [7, 11) is 0. The molecule has 4 aromatic rings. The third-order valence-corrected chi connectivity index (χ3v) is 4.94. The molecule has 0 unspecified atom stereocenters. The highest BCUT2D eigenvalue weighted by atomic mass is 79.9. The van der Waals surface area contributed by atoms with E-state index < -0.39 is 5.91 Å². The molecule has 1 heterocycles. The number of ether oxygens (including phenoxy) is 1. The van der Waals surface area contributed by atoms with Gasteiger partial charge >= 0.3 is 0 Å². The summed E-state index contributed by atoms with van der Waals surface area (Å²) in [6.45, 7) is 2.49. The van der Waals surface area contributed by atoms with Crippen LogP contribution < -0.4 is 10.1 Å². The summed E-state index contributed by atoms with van der Waals surface area (Å²) < 4.78 is 21.2. The smallest absolute Gasteiger partial charge is 0.295 e. The van der Waals surface area contributed by atoms with Crippen LogP contribution in [-0.2, 0) is 0 Å². The Hall–Kier alpha value is -3.52. The molecular formula is C23H18BrFN4O2. The molecule has 0 saturated heterocycles. The summed E-state index contributed by atoms with van der Waals surface area (Å²) in [6, 6.07) is 20.4. The van der Waals surface area contributed by atoms with Gasteiger partial charge in [-0.15, -0.1) is 5.10 Å². The zero-order valence-electron chi connectivity index (χ0n) is 16.5. The number of nitrogens with zero attached hydrogens (tertiary/aromatic N) is 3. The van der Waals surface area contributed by atoms with E-state index in [0.29, 0.717) is 18.1 Å². The Kier molecular flexibility index (Phi) is 6.08. The van der Waals surface area contributed by atoms with Gasteiger partial charge in [0.2, 0.25) is 5.82 Å². The molecule has 31 heavy (non-hydrogen) atoms. The lowest BCUT2D eigenvalue weighted by molar-refractivity contribution is 0.101. The van der Waals surface area contributed by atoms with Crippen LogP contribution >= 0.6 is 15.9 Å². The molecule has 0 saturated carbocycles. The van der Waals surface area contributed by atoms with Crippen molar-refractivity contribution in [2.75, 3.05) is 11.9 Å². The van der Waals surface area contributed by atoms with E-state index in [0.717, 1.165) is 21.5 Å². The van der Waals surface area contributed by atoms with Crippen molar-refractivity contribution in [2.24, 2.45) is 0 Å². The summed E-state index contributed by atoms with van der Waals surface area (Å²) >= 11 is 3.43. The summed E-state index contributed by atoms with van der Waals surface area (Å²) in [5.74, 6) is 0.381. The molecule has 0 radical (unpaired) electrons. The molecule has 8 heteroatoms. The van der Waals surface area contributed by atoms with E-state index in [4.69, 9.17) is 4.74 Å². The third kappa shape index (κ3) is 4.80. The largest absolute Gasteiger partial charge is 0.494 e. The van der Waals surface area contributed by atoms with Gasteiger partial charge < -0.3 is 10.1 Å². The maximum absolute atomic E-state index is 13.1. The van der Waals surface area contributed by atoms with Gasteiger partial charge in [0.25, 0.3) is 5.91 Å². The normalized spacial score (nSPS) is 10.7. The Balaban J connectivity index is 1.71. The molecule has 0 bridgehead atoms. The second-order valence-electron chi connectivity index (χ2n) is 6.57. The molecule has 0 aliphatic carbocycles. The van der Waals surface area contributed by atoms with E-state index in [1.807, 2.05) is 55.5 Å². The highest BCUT2D eigenvalue weighted by molar-refractivity contribution is 9.10. The van der Waals surface area contributed by atoms with Gasteiger partial charge in [0.1, 0.15) is 11.6 Å². The number of hydrogen-bond acceptors (Lipinski definition) is 4. The second-order valence-corrected chi connectivity index (χ2v) is 7.48. The van der Waals surface area contributed by atoms with Crippen molar-refractivity contribution < 1.29 is 13.9 Å². The molecule has 1 N–H and O–H groups in total. The maximum atomic E-state index is 13.1. The number of carbonyl (C=O) groups excluding carboxylic acids is 1. The minimum Gasteiger partial charge on any atom is -0.494 e. The quantitative estimate of drug-likeness (QED) is 0.396. The Morgan fingerprint density at radius 1 is 1.03 bits per heavy atom. The number of nitrogens with one attached hydrogen (secondary N) is 1. The van der Waals surface area contributed by atoms with Gasteiger partial charge in [0, 0.05) is 15.7 Å². The summed E-state index contributed by atoms with van der Waals surface area (Å²) in [4.78, 5) is 17.2. The summed E-state index contributed by atoms with van der Waals surface area (Å²) in [5.41, 5.74) is 1.98. The van der Waals surface area contributed by atoms with Crippen molar-refractivity contribution >= 4 is 27.5 Å². The van der Waals surface area contributed by atoms with E-state index in [-0.39, 0.29) is 11.6 Å². The first-order valence-corrected chi connectivity index (χ1v) is 10.4. The molecule has 1 aromatic heterocycles. The lowest BCUT2D eigenvalue weighted by Gasteiger charge is -2.08. The number of hydrogen-bond donors (Lipinski definition) is 1. The van der Waals surface area contributed by atoms with Crippen molar-refractivity contribution in [3.05, 3.63) is 88.9 Å². The fourth-order valence-electron chi connectivity index (χ4n) is 2.94. The van der Waals surface area contributed by atoms with Gasteiger partial charge in [0.15, 0.2) is 5.82 Å². The first-order valence-electron chi connectivity index (χ1n) is 9.56. The summed E-state index contributed by atoms with van der Waals surface area (Å²) in [6.07, 6.45) is 0. The van der Waals surface area contributed by atoms with Crippen molar-refractivity contribution in [1.29, 1.82) is 0 Å². The molecular weight excluding hydrogens is 463 g/mol. The zero-order valence-corrected chi connectivity index (χ0v) is 18.1. The van der Waals surface area contributed by atoms with Crippen molar-refractivity contribution in [2.45, 2.75) is 6.92 Å². The van der Waals surface area contributed by atoms with E-state index >= 15 is 0 Å². The Labute approximate surface area is 186 Å². The van der Waals surface area contributed by atoms with E-state index in [2.05, 4.69) is 31.3 Å². The minimum absolute atomic E-state index is 0.00358. The van der Waals surface area contributed by atoms with E-state index in [1.54, 1.807) is 4.68 Å². The van der Waals surface area contributed by atoms with Crippen LogP contribution in [0.4, 0.5) is 10.1 Å². The lowest BCUT2D eigenvalue weighted by Crippen LogP contribution is -2.14. The van der Waals surface area contributed by atoms with Gasteiger partial charge in [-0.1, -0.05) is 28.1 Å². The van der Waals surface area contributed by atoms with Crippen LogP contribution in [0.1, 0.15) is 17.5 Å². The van der Waals surface area contributed by atoms with E-state index in [9.17, 15) is 9.18 Å². The average Bonchev–Trinajstić information content (AvgIpc) is 3.22. The number of amides is 1.